The molecule has 0 amide bonds. The maximum absolute atomic E-state index is 10.9. The zero-order valence-corrected chi connectivity index (χ0v) is 11.9. The van der Waals surface area contributed by atoms with Crippen LogP contribution >= 0.6 is 0 Å². The van der Waals surface area contributed by atoms with E-state index >= 15 is 0 Å². The van der Waals surface area contributed by atoms with Crippen LogP contribution in [0, 0.1) is 22.5 Å². The van der Waals surface area contributed by atoms with Crippen molar-refractivity contribution in [3.8, 4) is 5.75 Å². The molecule has 1 aromatic rings. The highest BCUT2D eigenvalue weighted by molar-refractivity contribution is 5.73. The van der Waals surface area contributed by atoms with E-state index in [9.17, 15) is 14.9 Å². The number of hydrogen-bond acceptors (Lipinski definition) is 4. The monoisotopic (exact) mass is 281 g/mol. The van der Waals surface area contributed by atoms with E-state index in [2.05, 4.69) is 0 Å². The fourth-order valence-electron chi connectivity index (χ4n) is 1.66. The number of non-ortho nitro benzene ring substituents is 1. The summed E-state index contributed by atoms with van der Waals surface area (Å²) in [7, 11) is 0. The number of nitro groups is 1. The van der Waals surface area contributed by atoms with Crippen LogP contribution in [0.2, 0.25) is 0 Å². The number of carboxylic acids is 1. The second-order valence-electron chi connectivity index (χ2n) is 5.35. The predicted molar refractivity (Wildman–Crippen MR) is 74.0 cm³/mol. The van der Waals surface area contributed by atoms with Gasteiger partial charge in [0.25, 0.3) is 5.69 Å². The Morgan fingerprint density at radius 3 is 2.65 bits per heavy atom. The molecule has 110 valence electrons. The van der Waals surface area contributed by atoms with E-state index in [0.29, 0.717) is 25.2 Å². The second kappa shape index (κ2) is 6.36. The topological polar surface area (TPSA) is 89.7 Å². The molecule has 0 unspecified atom stereocenters. The van der Waals surface area contributed by atoms with Crippen molar-refractivity contribution < 1.29 is 19.6 Å². The largest absolute Gasteiger partial charge is 0.493 e. The highest BCUT2D eigenvalue weighted by atomic mass is 16.6. The second-order valence-corrected chi connectivity index (χ2v) is 5.35. The van der Waals surface area contributed by atoms with Gasteiger partial charge in [0.2, 0.25) is 0 Å². The Kier molecular flexibility index (Phi) is 5.07. The third kappa shape index (κ3) is 4.22. The van der Waals surface area contributed by atoms with Crippen LogP contribution in [-0.4, -0.2) is 22.6 Å². The zero-order chi connectivity index (χ0) is 15.3. The van der Waals surface area contributed by atoms with Crippen molar-refractivity contribution in [3.05, 3.63) is 33.9 Å². The Morgan fingerprint density at radius 2 is 2.10 bits per heavy atom. The number of nitro benzene ring substituents is 1. The number of ether oxygens (including phenoxy) is 1. The minimum absolute atomic E-state index is 0.0172. The minimum Gasteiger partial charge on any atom is -0.493 e. The van der Waals surface area contributed by atoms with Crippen LogP contribution < -0.4 is 4.74 Å². The van der Waals surface area contributed by atoms with Gasteiger partial charge in [0.1, 0.15) is 5.75 Å². The van der Waals surface area contributed by atoms with Crippen LogP contribution in [-0.2, 0) is 4.79 Å². The number of nitrogens with zero attached hydrogens (tertiary/aromatic N) is 1. The highest BCUT2D eigenvalue weighted by Crippen LogP contribution is 2.26. The lowest BCUT2D eigenvalue weighted by atomic mass is 9.88. The van der Waals surface area contributed by atoms with Crippen molar-refractivity contribution in [1.82, 2.24) is 0 Å². The first-order chi connectivity index (χ1) is 9.24. The molecule has 1 rings (SSSR count). The van der Waals surface area contributed by atoms with Crippen LogP contribution in [0.15, 0.2) is 18.2 Å². The molecule has 1 N–H and O–H groups in total. The van der Waals surface area contributed by atoms with E-state index in [0.717, 1.165) is 5.56 Å². The lowest BCUT2D eigenvalue weighted by Gasteiger charge is -2.18. The van der Waals surface area contributed by atoms with E-state index in [1.54, 1.807) is 26.8 Å². The van der Waals surface area contributed by atoms with Gasteiger partial charge in [0.05, 0.1) is 23.0 Å². The number of rotatable bonds is 7. The number of benzene rings is 1. The van der Waals surface area contributed by atoms with Crippen LogP contribution in [0.25, 0.3) is 0 Å². The summed E-state index contributed by atoms with van der Waals surface area (Å²) in [6.45, 7) is 5.46. The minimum atomic E-state index is -0.843. The third-order valence-electron chi connectivity index (χ3n) is 3.17. The van der Waals surface area contributed by atoms with Gasteiger partial charge >= 0.3 is 5.97 Å². The van der Waals surface area contributed by atoms with Gasteiger partial charge in [0.15, 0.2) is 0 Å². The van der Waals surface area contributed by atoms with E-state index in [1.165, 1.54) is 12.1 Å². The molecule has 0 spiro atoms. The summed E-state index contributed by atoms with van der Waals surface area (Å²) >= 11 is 0. The summed E-state index contributed by atoms with van der Waals surface area (Å²) in [5, 5.41) is 19.7. The van der Waals surface area contributed by atoms with Gasteiger partial charge in [-0.2, -0.15) is 0 Å². The first-order valence-electron chi connectivity index (χ1n) is 6.35. The number of aliphatic carboxylic acids is 1. The van der Waals surface area contributed by atoms with Gasteiger partial charge in [-0.15, -0.1) is 0 Å². The molecule has 6 heteroatoms. The van der Waals surface area contributed by atoms with Crippen molar-refractivity contribution in [2.24, 2.45) is 5.41 Å². The molecule has 0 saturated heterocycles. The molecular weight excluding hydrogens is 262 g/mol. The summed E-state index contributed by atoms with van der Waals surface area (Å²) in [4.78, 5) is 21.2. The Labute approximate surface area is 117 Å². The summed E-state index contributed by atoms with van der Waals surface area (Å²) in [5.74, 6) is -0.378. The maximum Gasteiger partial charge on any atom is 0.309 e. The summed E-state index contributed by atoms with van der Waals surface area (Å²) in [6.07, 6.45) is 1.05. The van der Waals surface area contributed by atoms with E-state index in [4.69, 9.17) is 9.84 Å². The van der Waals surface area contributed by atoms with Crippen LogP contribution in [0.5, 0.6) is 5.75 Å². The van der Waals surface area contributed by atoms with Crippen molar-refractivity contribution in [2.75, 3.05) is 6.61 Å². The first-order valence-corrected chi connectivity index (χ1v) is 6.35. The van der Waals surface area contributed by atoms with Crippen LogP contribution in [0.4, 0.5) is 5.69 Å². The fourth-order valence-corrected chi connectivity index (χ4v) is 1.66. The average Bonchev–Trinajstić information content (AvgIpc) is 2.36. The third-order valence-corrected chi connectivity index (χ3v) is 3.17. The van der Waals surface area contributed by atoms with Crippen molar-refractivity contribution in [1.29, 1.82) is 0 Å². The summed E-state index contributed by atoms with van der Waals surface area (Å²) in [6, 6.07) is 4.45. The standard InChI is InChI=1S/C14H19NO5/c1-10-5-6-11(15(18)19)9-12(10)20-8-4-7-14(2,3)13(16)17/h5-6,9H,4,7-8H2,1-3H3,(H,16,17). The van der Waals surface area contributed by atoms with E-state index < -0.39 is 16.3 Å². The van der Waals surface area contributed by atoms with Gasteiger partial charge in [-0.3, -0.25) is 14.9 Å². The van der Waals surface area contributed by atoms with E-state index in [-0.39, 0.29) is 5.69 Å². The highest BCUT2D eigenvalue weighted by Gasteiger charge is 2.26. The Balaban J connectivity index is 2.56. The molecule has 0 bridgehead atoms. The number of aryl methyl sites for hydroxylation is 1. The molecule has 0 aliphatic rings. The molecule has 0 aliphatic heterocycles. The smallest absolute Gasteiger partial charge is 0.309 e. The fraction of sp³-hybridized carbons (Fsp3) is 0.500. The van der Waals surface area contributed by atoms with Crippen LogP contribution in [0.3, 0.4) is 0 Å². The van der Waals surface area contributed by atoms with Crippen molar-refractivity contribution in [2.45, 2.75) is 33.6 Å². The quantitative estimate of drug-likeness (QED) is 0.471. The lowest BCUT2D eigenvalue weighted by molar-refractivity contribution is -0.384. The molecule has 0 fully saturated rings. The first kappa shape index (κ1) is 15.9. The van der Waals surface area contributed by atoms with Gasteiger partial charge in [-0.05, 0) is 45.2 Å². The van der Waals surface area contributed by atoms with Gasteiger partial charge in [0, 0.05) is 6.07 Å². The molecule has 0 atom stereocenters. The van der Waals surface area contributed by atoms with Gasteiger partial charge in [-0.25, -0.2) is 0 Å². The Morgan fingerprint density at radius 1 is 1.45 bits per heavy atom. The SMILES string of the molecule is Cc1ccc([N+](=O)[O-])cc1OCCCC(C)(C)C(=O)O. The average molecular weight is 281 g/mol. The summed E-state index contributed by atoms with van der Waals surface area (Å²) in [5.41, 5.74) is 0.00530. The van der Waals surface area contributed by atoms with Crippen LogP contribution in [0.1, 0.15) is 32.3 Å². The number of carbonyl (C=O) groups is 1. The van der Waals surface area contributed by atoms with Crippen molar-refractivity contribution >= 4 is 11.7 Å². The maximum atomic E-state index is 10.9. The Bertz CT molecular complexity index is 510. The zero-order valence-electron chi connectivity index (χ0n) is 11.9. The molecule has 6 nitrogen and oxygen atoms in total. The molecule has 0 heterocycles. The summed E-state index contributed by atoms with van der Waals surface area (Å²) < 4.78 is 5.51. The molecule has 0 aromatic heterocycles. The molecule has 1 aromatic carbocycles. The van der Waals surface area contributed by atoms with E-state index in [1.807, 2.05) is 0 Å². The molecule has 0 saturated carbocycles. The predicted octanol–water partition coefficient (Wildman–Crippen LogP) is 3.17. The molecular formula is C14H19NO5. The Hall–Kier alpha value is -2.11. The number of carboxylic acid groups (broad SMARTS) is 1. The molecule has 0 aliphatic carbocycles. The number of hydrogen-bond donors (Lipinski definition) is 1. The molecule has 0 radical (unpaired) electrons. The van der Waals surface area contributed by atoms with Gasteiger partial charge < -0.3 is 9.84 Å². The molecule has 20 heavy (non-hydrogen) atoms. The normalized spacial score (nSPS) is 11.2. The van der Waals surface area contributed by atoms with Crippen molar-refractivity contribution in [3.63, 3.8) is 0 Å². The lowest BCUT2D eigenvalue weighted by Crippen LogP contribution is -2.24. The van der Waals surface area contributed by atoms with Gasteiger partial charge in [-0.1, -0.05) is 0 Å².